The van der Waals surface area contributed by atoms with Crippen LogP contribution in [0.4, 0.5) is 0 Å². The van der Waals surface area contributed by atoms with Gasteiger partial charge in [0, 0.05) is 0 Å². The Bertz CT molecular complexity index is 248. The lowest BCUT2D eigenvalue weighted by molar-refractivity contribution is -0.147. The summed E-state index contributed by atoms with van der Waals surface area (Å²) in [6.45, 7) is 3.38. The molecule has 4 heteroatoms. The Morgan fingerprint density at radius 2 is 1.92 bits per heavy atom. The molecule has 0 bridgehead atoms. The molecule has 0 atom stereocenters. The highest BCUT2D eigenvalue weighted by Gasteiger charge is 2.35. The molecule has 0 fully saturated rings. The molecule has 72 valence electrons. The standard InChI is InChI=1S/C9H13NO3/c1-4-7(11)10-9(5-2,6-3)8(12)13/h1H,5-6H2,2-3H3,(H,10,11)(H,12,13). The van der Waals surface area contributed by atoms with E-state index >= 15 is 0 Å². The highest BCUT2D eigenvalue weighted by atomic mass is 16.4. The molecule has 0 unspecified atom stereocenters. The number of terminal acetylenes is 1. The predicted molar refractivity (Wildman–Crippen MR) is 47.9 cm³/mol. The van der Waals surface area contributed by atoms with E-state index in [9.17, 15) is 9.59 Å². The zero-order valence-corrected chi connectivity index (χ0v) is 7.76. The summed E-state index contributed by atoms with van der Waals surface area (Å²) < 4.78 is 0. The molecule has 0 spiro atoms. The van der Waals surface area contributed by atoms with Gasteiger partial charge in [0.15, 0.2) is 0 Å². The maximum atomic E-state index is 10.9. The van der Waals surface area contributed by atoms with E-state index in [1.807, 2.05) is 5.92 Å². The molecule has 4 nitrogen and oxygen atoms in total. The minimum atomic E-state index is -1.22. The second-order valence-electron chi connectivity index (χ2n) is 2.69. The van der Waals surface area contributed by atoms with Gasteiger partial charge in [-0.3, -0.25) is 4.79 Å². The van der Waals surface area contributed by atoms with Crippen molar-refractivity contribution < 1.29 is 14.7 Å². The van der Waals surface area contributed by atoms with Gasteiger partial charge < -0.3 is 10.4 Å². The summed E-state index contributed by atoms with van der Waals surface area (Å²) in [6.07, 6.45) is 5.46. The van der Waals surface area contributed by atoms with Crippen molar-refractivity contribution in [1.82, 2.24) is 5.32 Å². The van der Waals surface area contributed by atoms with Crippen LogP contribution in [0.25, 0.3) is 0 Å². The van der Waals surface area contributed by atoms with E-state index in [0.717, 1.165) is 0 Å². The van der Waals surface area contributed by atoms with Gasteiger partial charge in [-0.1, -0.05) is 13.8 Å². The van der Waals surface area contributed by atoms with Crippen LogP contribution in [0.1, 0.15) is 26.7 Å². The Balaban J connectivity index is 4.70. The van der Waals surface area contributed by atoms with Gasteiger partial charge in [0.05, 0.1) is 0 Å². The molecule has 0 aromatic carbocycles. The third-order valence-corrected chi connectivity index (χ3v) is 2.10. The molecule has 1 amide bonds. The molecule has 0 rings (SSSR count). The van der Waals surface area contributed by atoms with Crippen molar-refractivity contribution in [2.75, 3.05) is 0 Å². The van der Waals surface area contributed by atoms with Crippen LogP contribution >= 0.6 is 0 Å². The summed E-state index contributed by atoms with van der Waals surface area (Å²) in [5.74, 6) is 0.0870. The molecule has 0 aliphatic heterocycles. The van der Waals surface area contributed by atoms with E-state index in [-0.39, 0.29) is 0 Å². The highest BCUT2D eigenvalue weighted by Crippen LogP contribution is 2.14. The van der Waals surface area contributed by atoms with Crippen LogP contribution in [0.3, 0.4) is 0 Å². The van der Waals surface area contributed by atoms with Crippen LogP contribution in [-0.4, -0.2) is 22.5 Å². The number of carboxylic acids is 1. The minimum absolute atomic E-state index is 0.312. The van der Waals surface area contributed by atoms with Gasteiger partial charge >= 0.3 is 5.97 Å². The number of rotatable bonds is 4. The van der Waals surface area contributed by atoms with E-state index in [1.165, 1.54) is 0 Å². The molecule has 2 N–H and O–H groups in total. The molecular formula is C9H13NO3. The largest absolute Gasteiger partial charge is 0.480 e. The first kappa shape index (κ1) is 11.5. The van der Waals surface area contributed by atoms with Crippen LogP contribution in [0.5, 0.6) is 0 Å². The number of nitrogens with one attached hydrogen (secondary N) is 1. The van der Waals surface area contributed by atoms with Gasteiger partial charge in [-0.15, -0.1) is 6.42 Å². The summed E-state index contributed by atoms with van der Waals surface area (Å²) in [7, 11) is 0. The summed E-state index contributed by atoms with van der Waals surface area (Å²) in [5, 5.41) is 11.2. The van der Waals surface area contributed by atoms with Crippen molar-refractivity contribution in [2.24, 2.45) is 0 Å². The van der Waals surface area contributed by atoms with Gasteiger partial charge in [-0.2, -0.15) is 0 Å². The second-order valence-corrected chi connectivity index (χ2v) is 2.69. The predicted octanol–water partition coefficient (Wildman–Crippen LogP) is 0.379. The minimum Gasteiger partial charge on any atom is -0.480 e. The fourth-order valence-electron chi connectivity index (χ4n) is 1.04. The Hall–Kier alpha value is -1.50. The number of carbonyl (C=O) groups excluding carboxylic acids is 1. The monoisotopic (exact) mass is 183 g/mol. The number of carbonyl (C=O) groups is 2. The van der Waals surface area contributed by atoms with Crippen molar-refractivity contribution in [3.63, 3.8) is 0 Å². The lowest BCUT2D eigenvalue weighted by Crippen LogP contribution is -2.53. The summed E-state index contributed by atoms with van der Waals surface area (Å²) >= 11 is 0. The molecule has 0 aromatic rings. The van der Waals surface area contributed by atoms with E-state index in [4.69, 9.17) is 11.5 Å². The fraction of sp³-hybridized carbons (Fsp3) is 0.556. The zero-order valence-electron chi connectivity index (χ0n) is 7.76. The molecule has 0 aromatic heterocycles. The maximum absolute atomic E-state index is 10.9. The third kappa shape index (κ3) is 2.48. The van der Waals surface area contributed by atoms with E-state index in [2.05, 4.69) is 5.32 Å². The van der Waals surface area contributed by atoms with Crippen molar-refractivity contribution in [3.05, 3.63) is 0 Å². The molecule has 0 saturated carbocycles. The molecule has 0 saturated heterocycles. The topological polar surface area (TPSA) is 66.4 Å². The SMILES string of the molecule is C#CC(=O)NC(CC)(CC)C(=O)O. The normalized spacial score (nSPS) is 10.2. The van der Waals surface area contributed by atoms with Crippen LogP contribution in [0.15, 0.2) is 0 Å². The van der Waals surface area contributed by atoms with Gasteiger partial charge in [-0.05, 0) is 18.8 Å². The maximum Gasteiger partial charge on any atom is 0.329 e. The number of carboxylic acid groups (broad SMARTS) is 1. The average molecular weight is 183 g/mol. The van der Waals surface area contributed by atoms with E-state index < -0.39 is 17.4 Å². The number of aliphatic carboxylic acids is 1. The third-order valence-electron chi connectivity index (χ3n) is 2.10. The molecule has 13 heavy (non-hydrogen) atoms. The van der Waals surface area contributed by atoms with E-state index in [0.29, 0.717) is 12.8 Å². The zero-order chi connectivity index (χ0) is 10.5. The molecule has 0 aliphatic rings. The first-order valence-corrected chi connectivity index (χ1v) is 4.04. The first-order chi connectivity index (χ1) is 6.02. The summed E-state index contributed by atoms with van der Waals surface area (Å²) in [6, 6.07) is 0. The molecule has 0 aliphatic carbocycles. The Morgan fingerprint density at radius 3 is 2.15 bits per heavy atom. The Morgan fingerprint density at radius 1 is 1.46 bits per heavy atom. The smallest absolute Gasteiger partial charge is 0.329 e. The number of hydrogen-bond acceptors (Lipinski definition) is 2. The van der Waals surface area contributed by atoms with Gasteiger partial charge in [0.25, 0.3) is 5.91 Å². The van der Waals surface area contributed by atoms with Crippen molar-refractivity contribution in [3.8, 4) is 12.3 Å². The van der Waals surface area contributed by atoms with Crippen LogP contribution in [0, 0.1) is 12.3 Å². The number of amides is 1. The van der Waals surface area contributed by atoms with Crippen LogP contribution in [-0.2, 0) is 9.59 Å². The summed E-state index contributed by atoms with van der Waals surface area (Å²) in [5.41, 5.74) is -1.22. The Kier molecular flexibility index (Phi) is 3.99. The number of hydrogen-bond donors (Lipinski definition) is 2. The lowest BCUT2D eigenvalue weighted by atomic mass is 9.93. The van der Waals surface area contributed by atoms with Gasteiger partial charge in [0.1, 0.15) is 5.54 Å². The van der Waals surface area contributed by atoms with Crippen LogP contribution < -0.4 is 5.32 Å². The molecule has 0 radical (unpaired) electrons. The van der Waals surface area contributed by atoms with E-state index in [1.54, 1.807) is 13.8 Å². The van der Waals surface area contributed by atoms with Gasteiger partial charge in [-0.25, -0.2) is 4.79 Å². The van der Waals surface area contributed by atoms with Crippen molar-refractivity contribution >= 4 is 11.9 Å². The second kappa shape index (κ2) is 4.51. The average Bonchev–Trinajstić information content (AvgIpc) is 2.13. The molecular weight excluding hydrogens is 170 g/mol. The quantitative estimate of drug-likeness (QED) is 0.619. The fourth-order valence-corrected chi connectivity index (χ4v) is 1.04. The Labute approximate surface area is 77.3 Å². The molecule has 0 heterocycles. The lowest BCUT2D eigenvalue weighted by Gasteiger charge is -2.26. The first-order valence-electron chi connectivity index (χ1n) is 4.04. The van der Waals surface area contributed by atoms with Gasteiger partial charge in [0.2, 0.25) is 0 Å². The summed E-state index contributed by atoms with van der Waals surface area (Å²) in [4.78, 5) is 21.7. The highest BCUT2D eigenvalue weighted by molar-refractivity contribution is 5.96. The van der Waals surface area contributed by atoms with Crippen molar-refractivity contribution in [1.29, 1.82) is 0 Å². The van der Waals surface area contributed by atoms with Crippen molar-refractivity contribution in [2.45, 2.75) is 32.2 Å². The van der Waals surface area contributed by atoms with Crippen LogP contribution in [0.2, 0.25) is 0 Å².